The van der Waals surface area contributed by atoms with Crippen molar-refractivity contribution in [2.24, 2.45) is 4.99 Å². The molecule has 130 valence electrons. The van der Waals surface area contributed by atoms with Crippen LogP contribution in [0.4, 0.5) is 0 Å². The van der Waals surface area contributed by atoms with E-state index in [0.717, 1.165) is 0 Å². The van der Waals surface area contributed by atoms with Gasteiger partial charge in [0, 0.05) is 0 Å². The summed E-state index contributed by atoms with van der Waals surface area (Å²) >= 11 is 6.29. The number of hydrogen-bond donors (Lipinski definition) is 0. The zero-order valence-corrected chi connectivity index (χ0v) is 14.7. The highest BCUT2D eigenvalue weighted by Gasteiger charge is 2.26. The van der Waals surface area contributed by atoms with Crippen LogP contribution in [0.1, 0.15) is 25.2 Å². The van der Waals surface area contributed by atoms with Crippen molar-refractivity contribution in [1.29, 1.82) is 0 Å². The molecule has 0 saturated carbocycles. The van der Waals surface area contributed by atoms with Gasteiger partial charge in [-0.3, -0.25) is 0 Å². The van der Waals surface area contributed by atoms with Crippen molar-refractivity contribution in [3.63, 3.8) is 0 Å². The Morgan fingerprint density at radius 1 is 1.32 bits per heavy atom. The van der Waals surface area contributed by atoms with Crippen molar-refractivity contribution in [3.05, 3.63) is 52.6 Å². The van der Waals surface area contributed by atoms with E-state index in [0.29, 0.717) is 27.8 Å². The van der Waals surface area contributed by atoms with Gasteiger partial charge in [-0.25, -0.2) is 9.79 Å². The largest absolute Gasteiger partial charge is 0.493 e. The highest BCUT2D eigenvalue weighted by Crippen LogP contribution is 2.38. The minimum Gasteiger partial charge on any atom is -0.493 e. The molecule has 3 rings (SSSR count). The molecule has 0 saturated heterocycles. The molecular weight excluding hydrogens is 346 g/mol. The molecule has 0 fully saturated rings. The van der Waals surface area contributed by atoms with Crippen LogP contribution >= 0.6 is 11.6 Å². The fourth-order valence-electron chi connectivity index (χ4n) is 2.25. The van der Waals surface area contributed by atoms with E-state index in [2.05, 4.69) is 4.99 Å². The maximum absolute atomic E-state index is 12.0. The van der Waals surface area contributed by atoms with E-state index in [1.807, 2.05) is 13.8 Å². The normalized spacial score (nSPS) is 15.5. The summed E-state index contributed by atoms with van der Waals surface area (Å²) in [4.78, 5) is 16.2. The Labute approximate surface area is 149 Å². The van der Waals surface area contributed by atoms with E-state index < -0.39 is 5.97 Å². The van der Waals surface area contributed by atoms with Crippen molar-refractivity contribution in [1.82, 2.24) is 0 Å². The van der Waals surface area contributed by atoms with Gasteiger partial charge >= 0.3 is 5.97 Å². The summed E-state index contributed by atoms with van der Waals surface area (Å²) in [5, 5.41) is 0.376. The number of carbonyl (C=O) groups excluding carboxylic acids is 1. The Kier molecular flexibility index (Phi) is 4.81. The second kappa shape index (κ2) is 7.03. The monoisotopic (exact) mass is 361 g/mol. The molecule has 0 N–H and O–H groups in total. The standard InChI is InChI=1S/C18H16ClNO5/c1-10(2)24-16-12(19)7-11(9-15(16)22-3)8-13-18(21)25-17(20-13)14-5-4-6-23-14/h4-10H,1-3H3/b13-8-. The third kappa shape index (κ3) is 3.69. The zero-order valence-electron chi connectivity index (χ0n) is 13.9. The fourth-order valence-corrected chi connectivity index (χ4v) is 2.51. The molecule has 1 aliphatic heterocycles. The second-order valence-corrected chi connectivity index (χ2v) is 5.92. The maximum Gasteiger partial charge on any atom is 0.363 e. The highest BCUT2D eigenvalue weighted by atomic mass is 35.5. The summed E-state index contributed by atoms with van der Waals surface area (Å²) < 4.78 is 21.3. The van der Waals surface area contributed by atoms with Crippen LogP contribution in [-0.4, -0.2) is 25.1 Å². The maximum atomic E-state index is 12.0. The highest BCUT2D eigenvalue weighted by molar-refractivity contribution is 6.32. The molecule has 1 aromatic carbocycles. The number of furan rings is 1. The van der Waals surface area contributed by atoms with Gasteiger partial charge in [0.05, 0.1) is 24.5 Å². The topological polar surface area (TPSA) is 70.3 Å². The van der Waals surface area contributed by atoms with E-state index in [-0.39, 0.29) is 17.7 Å². The van der Waals surface area contributed by atoms with Crippen LogP contribution < -0.4 is 9.47 Å². The average molecular weight is 362 g/mol. The number of rotatable bonds is 5. The molecule has 25 heavy (non-hydrogen) atoms. The first-order valence-electron chi connectivity index (χ1n) is 7.58. The number of ether oxygens (including phenoxy) is 3. The molecule has 2 heterocycles. The van der Waals surface area contributed by atoms with Crippen LogP contribution in [0.25, 0.3) is 6.08 Å². The number of hydrogen-bond acceptors (Lipinski definition) is 6. The number of carbonyl (C=O) groups is 1. The molecule has 0 atom stereocenters. The SMILES string of the molecule is COc1cc(/C=C2\N=C(c3ccco3)OC2=O)cc(Cl)c1OC(C)C. The van der Waals surface area contributed by atoms with Crippen LogP contribution in [0, 0.1) is 0 Å². The van der Waals surface area contributed by atoms with Crippen molar-refractivity contribution in [3.8, 4) is 11.5 Å². The minimum absolute atomic E-state index is 0.0548. The molecule has 6 nitrogen and oxygen atoms in total. The summed E-state index contributed by atoms with van der Waals surface area (Å²) in [5.41, 5.74) is 0.774. The van der Waals surface area contributed by atoms with E-state index in [1.165, 1.54) is 13.4 Å². The van der Waals surface area contributed by atoms with Gasteiger partial charge in [-0.2, -0.15) is 0 Å². The molecule has 1 aromatic heterocycles. The third-order valence-corrected chi connectivity index (χ3v) is 3.54. The van der Waals surface area contributed by atoms with Gasteiger partial charge in [-0.15, -0.1) is 0 Å². The molecule has 7 heteroatoms. The summed E-state index contributed by atoms with van der Waals surface area (Å²) in [6.45, 7) is 3.79. The molecular formula is C18H16ClNO5. The first-order valence-corrected chi connectivity index (χ1v) is 7.96. The molecule has 0 radical (unpaired) electrons. The summed E-state index contributed by atoms with van der Waals surface area (Å²) in [6.07, 6.45) is 2.98. The number of aliphatic imine (C=N–C) groups is 1. The number of esters is 1. The van der Waals surface area contributed by atoms with Crippen LogP contribution in [-0.2, 0) is 9.53 Å². The van der Waals surface area contributed by atoms with Crippen LogP contribution in [0.5, 0.6) is 11.5 Å². The predicted octanol–water partition coefficient (Wildman–Crippen LogP) is 4.07. The average Bonchev–Trinajstić information content (AvgIpc) is 3.20. The van der Waals surface area contributed by atoms with Gasteiger partial charge in [0.25, 0.3) is 5.90 Å². The Hall–Kier alpha value is -2.73. The summed E-state index contributed by atoms with van der Waals surface area (Å²) in [5.74, 6) is 0.862. The molecule has 0 unspecified atom stereocenters. The quantitative estimate of drug-likeness (QED) is 0.593. The van der Waals surface area contributed by atoms with Gasteiger partial charge in [0.1, 0.15) is 0 Å². The number of methoxy groups -OCH3 is 1. The first kappa shape index (κ1) is 17.1. The number of benzene rings is 1. The van der Waals surface area contributed by atoms with E-state index in [9.17, 15) is 4.79 Å². The van der Waals surface area contributed by atoms with Gasteiger partial charge in [0.15, 0.2) is 23.0 Å². The second-order valence-electron chi connectivity index (χ2n) is 5.51. The van der Waals surface area contributed by atoms with Crippen LogP contribution in [0.3, 0.4) is 0 Å². The third-order valence-electron chi connectivity index (χ3n) is 3.26. The summed E-state index contributed by atoms with van der Waals surface area (Å²) in [6, 6.07) is 6.73. The molecule has 0 aliphatic carbocycles. The smallest absolute Gasteiger partial charge is 0.363 e. The molecule has 2 aromatic rings. The van der Waals surface area contributed by atoms with Crippen LogP contribution in [0.15, 0.2) is 45.6 Å². The number of halogens is 1. The first-order chi connectivity index (χ1) is 12.0. The molecule has 0 amide bonds. The van der Waals surface area contributed by atoms with Gasteiger partial charge in [0.2, 0.25) is 0 Å². The van der Waals surface area contributed by atoms with Gasteiger partial charge in [-0.1, -0.05) is 11.6 Å². The zero-order chi connectivity index (χ0) is 18.0. The van der Waals surface area contributed by atoms with Crippen molar-refractivity contribution < 1.29 is 23.4 Å². The molecule has 0 bridgehead atoms. The van der Waals surface area contributed by atoms with Gasteiger partial charge in [-0.05, 0) is 49.8 Å². The van der Waals surface area contributed by atoms with Gasteiger partial charge < -0.3 is 18.6 Å². The lowest BCUT2D eigenvalue weighted by atomic mass is 10.1. The lowest BCUT2D eigenvalue weighted by molar-refractivity contribution is -0.130. The Balaban J connectivity index is 1.95. The number of cyclic esters (lactones) is 1. The van der Waals surface area contributed by atoms with Crippen LogP contribution in [0.2, 0.25) is 5.02 Å². The number of nitrogens with zero attached hydrogens (tertiary/aromatic N) is 1. The van der Waals surface area contributed by atoms with Crippen molar-refractivity contribution >= 4 is 29.5 Å². The lowest BCUT2D eigenvalue weighted by Crippen LogP contribution is -2.07. The van der Waals surface area contributed by atoms with E-state index in [4.69, 9.17) is 30.2 Å². The Morgan fingerprint density at radius 3 is 2.76 bits per heavy atom. The Morgan fingerprint density at radius 2 is 2.12 bits per heavy atom. The minimum atomic E-state index is -0.566. The van der Waals surface area contributed by atoms with Crippen molar-refractivity contribution in [2.45, 2.75) is 20.0 Å². The Bertz CT molecular complexity index is 853. The fraction of sp³-hybridized carbons (Fsp3) is 0.222. The lowest BCUT2D eigenvalue weighted by Gasteiger charge is -2.15. The summed E-state index contributed by atoms with van der Waals surface area (Å²) in [7, 11) is 1.52. The van der Waals surface area contributed by atoms with E-state index in [1.54, 1.807) is 30.3 Å². The molecule has 0 spiro atoms. The molecule has 1 aliphatic rings. The predicted molar refractivity (Wildman–Crippen MR) is 93.1 cm³/mol. The van der Waals surface area contributed by atoms with E-state index >= 15 is 0 Å². The van der Waals surface area contributed by atoms with Crippen molar-refractivity contribution in [2.75, 3.05) is 7.11 Å².